The first-order valence-corrected chi connectivity index (χ1v) is 5.18. The fourth-order valence-electron chi connectivity index (χ4n) is 1.27. The van der Waals surface area contributed by atoms with Crippen LogP contribution in [0.3, 0.4) is 0 Å². The Morgan fingerprint density at radius 2 is 2.00 bits per heavy atom. The second kappa shape index (κ2) is 6.64. The Morgan fingerprint density at radius 3 is 2.35 bits per heavy atom. The summed E-state index contributed by atoms with van der Waals surface area (Å²) in [5.41, 5.74) is 0. The summed E-state index contributed by atoms with van der Waals surface area (Å²) < 4.78 is 35.7. The molecule has 1 amide bonds. The van der Waals surface area contributed by atoms with Gasteiger partial charge in [-0.15, -0.1) is 6.58 Å². The molecule has 99 valence electrons. The molecule has 0 bridgehead atoms. The largest absolute Gasteiger partial charge is 0.471 e. The van der Waals surface area contributed by atoms with Gasteiger partial charge in [0.2, 0.25) is 0 Å². The minimum absolute atomic E-state index is 0.0276. The third-order valence-corrected chi connectivity index (χ3v) is 2.52. The quantitative estimate of drug-likeness (QED) is 0.732. The van der Waals surface area contributed by atoms with Gasteiger partial charge in [-0.25, -0.2) is 0 Å². The van der Waals surface area contributed by atoms with Crippen LogP contribution < -0.4 is 5.32 Å². The minimum atomic E-state index is -4.82. The SMILES string of the molecule is C=CC(CCNC(=O)C(F)(F)F)[C](C)N(C)C. The standard InChI is InChI=1S/C11H18F3N2O/c1-5-9(8(2)16(3)4)6-7-15-10(17)11(12,13)14/h5,9H,1,6-7H2,2-4H3,(H,15,17). The van der Waals surface area contributed by atoms with E-state index in [4.69, 9.17) is 0 Å². The molecule has 3 nitrogen and oxygen atoms in total. The van der Waals surface area contributed by atoms with Gasteiger partial charge in [0.15, 0.2) is 0 Å². The lowest BCUT2D eigenvalue weighted by Crippen LogP contribution is -2.38. The maximum Gasteiger partial charge on any atom is 0.471 e. The molecule has 0 spiro atoms. The van der Waals surface area contributed by atoms with Gasteiger partial charge in [-0.3, -0.25) is 4.79 Å². The van der Waals surface area contributed by atoms with Gasteiger partial charge in [-0.2, -0.15) is 13.2 Å². The molecule has 0 aliphatic rings. The highest BCUT2D eigenvalue weighted by molar-refractivity contribution is 5.81. The molecular formula is C11H18F3N2O. The van der Waals surface area contributed by atoms with E-state index in [9.17, 15) is 18.0 Å². The monoisotopic (exact) mass is 251 g/mol. The van der Waals surface area contributed by atoms with Crippen molar-refractivity contribution >= 4 is 5.91 Å². The molecule has 17 heavy (non-hydrogen) atoms. The molecule has 0 heterocycles. The lowest BCUT2D eigenvalue weighted by molar-refractivity contribution is -0.173. The first-order valence-electron chi connectivity index (χ1n) is 5.18. The summed E-state index contributed by atoms with van der Waals surface area (Å²) in [6, 6.07) is 0.987. The predicted octanol–water partition coefficient (Wildman–Crippen LogP) is 1.97. The summed E-state index contributed by atoms with van der Waals surface area (Å²) in [6.45, 7) is 5.47. The van der Waals surface area contributed by atoms with E-state index in [2.05, 4.69) is 6.58 Å². The number of alkyl halides is 3. The molecule has 0 saturated carbocycles. The van der Waals surface area contributed by atoms with Crippen LogP contribution in [0, 0.1) is 12.0 Å². The Morgan fingerprint density at radius 1 is 1.47 bits per heavy atom. The van der Waals surface area contributed by atoms with Crippen LogP contribution in [0.1, 0.15) is 13.3 Å². The van der Waals surface area contributed by atoms with Crippen molar-refractivity contribution in [3.8, 4) is 0 Å². The second-order valence-electron chi connectivity index (χ2n) is 3.92. The van der Waals surface area contributed by atoms with Crippen molar-refractivity contribution in [3.63, 3.8) is 0 Å². The van der Waals surface area contributed by atoms with Gasteiger partial charge in [-0.05, 0) is 33.4 Å². The summed E-state index contributed by atoms with van der Waals surface area (Å²) in [4.78, 5) is 12.4. The fourth-order valence-corrected chi connectivity index (χ4v) is 1.27. The fraction of sp³-hybridized carbons (Fsp3) is 0.636. The molecule has 0 rings (SSSR count). The maximum atomic E-state index is 11.9. The molecule has 0 fully saturated rings. The average Bonchev–Trinajstić information content (AvgIpc) is 2.21. The van der Waals surface area contributed by atoms with Crippen molar-refractivity contribution in [3.05, 3.63) is 18.7 Å². The van der Waals surface area contributed by atoms with Crippen molar-refractivity contribution in [2.75, 3.05) is 20.6 Å². The van der Waals surface area contributed by atoms with Gasteiger partial charge >= 0.3 is 12.1 Å². The number of rotatable bonds is 6. The second-order valence-corrected chi connectivity index (χ2v) is 3.92. The van der Waals surface area contributed by atoms with Crippen LogP contribution in [0.5, 0.6) is 0 Å². The first-order chi connectivity index (χ1) is 7.70. The first kappa shape index (κ1) is 16.0. The smallest absolute Gasteiger partial charge is 0.348 e. The predicted molar refractivity (Wildman–Crippen MR) is 60.0 cm³/mol. The van der Waals surface area contributed by atoms with Gasteiger partial charge < -0.3 is 10.2 Å². The van der Waals surface area contributed by atoms with Crippen molar-refractivity contribution in [2.24, 2.45) is 5.92 Å². The highest BCUT2D eigenvalue weighted by Gasteiger charge is 2.38. The Kier molecular flexibility index (Phi) is 6.23. The highest BCUT2D eigenvalue weighted by Crippen LogP contribution is 2.20. The van der Waals surface area contributed by atoms with Crippen LogP contribution in [-0.4, -0.2) is 37.6 Å². The number of amides is 1. The van der Waals surface area contributed by atoms with Crippen molar-refractivity contribution in [1.82, 2.24) is 10.2 Å². The summed E-state index contributed by atoms with van der Waals surface area (Å²) >= 11 is 0. The summed E-state index contributed by atoms with van der Waals surface area (Å²) in [7, 11) is 3.69. The molecule has 1 radical (unpaired) electrons. The number of halogens is 3. The number of carbonyl (C=O) groups excluding carboxylic acids is 1. The average molecular weight is 251 g/mol. The molecule has 0 aromatic heterocycles. The van der Waals surface area contributed by atoms with E-state index < -0.39 is 12.1 Å². The number of hydrogen-bond donors (Lipinski definition) is 1. The lowest BCUT2D eigenvalue weighted by atomic mass is 9.97. The third kappa shape index (κ3) is 5.72. The molecule has 1 unspecified atom stereocenters. The number of hydrogen-bond acceptors (Lipinski definition) is 2. The molecule has 1 N–H and O–H groups in total. The van der Waals surface area contributed by atoms with Crippen LogP contribution in [0.15, 0.2) is 12.7 Å². The van der Waals surface area contributed by atoms with Crippen LogP contribution in [0.2, 0.25) is 0 Å². The normalized spacial score (nSPS) is 13.9. The Labute approximate surface area is 99.7 Å². The molecule has 0 saturated heterocycles. The van der Waals surface area contributed by atoms with Crippen molar-refractivity contribution in [2.45, 2.75) is 19.5 Å². The highest BCUT2D eigenvalue weighted by atomic mass is 19.4. The van der Waals surface area contributed by atoms with Gasteiger partial charge in [0, 0.05) is 12.6 Å². The lowest BCUT2D eigenvalue weighted by Gasteiger charge is -2.26. The van der Waals surface area contributed by atoms with Gasteiger partial charge in [0.1, 0.15) is 0 Å². The number of nitrogens with one attached hydrogen (secondary N) is 1. The van der Waals surface area contributed by atoms with Crippen molar-refractivity contribution < 1.29 is 18.0 Å². The zero-order chi connectivity index (χ0) is 13.6. The Bertz CT molecular complexity index is 264. The zero-order valence-corrected chi connectivity index (χ0v) is 10.3. The van der Waals surface area contributed by atoms with Gasteiger partial charge in [0.05, 0.1) is 0 Å². The van der Waals surface area contributed by atoms with E-state index in [0.717, 1.165) is 6.04 Å². The van der Waals surface area contributed by atoms with Crippen molar-refractivity contribution in [1.29, 1.82) is 0 Å². The Balaban J connectivity index is 4.10. The van der Waals surface area contributed by atoms with Crippen LogP contribution in [-0.2, 0) is 4.79 Å². The van der Waals surface area contributed by atoms with Crippen LogP contribution in [0.4, 0.5) is 13.2 Å². The summed E-state index contributed by atoms with van der Waals surface area (Å²) in [5.74, 6) is -1.94. The summed E-state index contributed by atoms with van der Waals surface area (Å²) in [6.07, 6.45) is -2.76. The van der Waals surface area contributed by atoms with E-state index in [-0.39, 0.29) is 12.5 Å². The van der Waals surface area contributed by atoms with E-state index in [0.29, 0.717) is 6.42 Å². The number of carbonyl (C=O) groups is 1. The van der Waals surface area contributed by atoms with Crippen LogP contribution in [0.25, 0.3) is 0 Å². The van der Waals surface area contributed by atoms with Gasteiger partial charge in [0.25, 0.3) is 0 Å². The van der Waals surface area contributed by atoms with Crippen LogP contribution >= 0.6 is 0 Å². The molecule has 0 aromatic rings. The van der Waals surface area contributed by atoms with E-state index in [1.54, 1.807) is 6.08 Å². The minimum Gasteiger partial charge on any atom is -0.348 e. The molecule has 0 aliphatic heterocycles. The number of nitrogens with zero attached hydrogens (tertiary/aromatic N) is 1. The molecule has 1 atom stereocenters. The van der Waals surface area contributed by atoms with E-state index in [1.807, 2.05) is 31.2 Å². The van der Waals surface area contributed by atoms with E-state index >= 15 is 0 Å². The zero-order valence-electron chi connectivity index (χ0n) is 10.3. The molecular weight excluding hydrogens is 233 g/mol. The summed E-state index contributed by atoms with van der Waals surface area (Å²) in [5, 5.41) is 1.84. The third-order valence-electron chi connectivity index (χ3n) is 2.52. The maximum absolute atomic E-state index is 11.9. The van der Waals surface area contributed by atoms with Gasteiger partial charge in [-0.1, -0.05) is 6.08 Å². The topological polar surface area (TPSA) is 32.3 Å². The molecule has 6 heteroatoms. The Hall–Kier alpha value is -1.04. The molecule has 0 aliphatic carbocycles. The van der Waals surface area contributed by atoms with E-state index in [1.165, 1.54) is 0 Å². The molecule has 0 aromatic carbocycles.